The molecule has 0 aromatic heterocycles. The van der Waals surface area contributed by atoms with Gasteiger partial charge >= 0.3 is 0 Å². The van der Waals surface area contributed by atoms with Gasteiger partial charge in [-0.2, -0.15) is 15.8 Å². The smallest absolute Gasteiger partial charge is 0.0866 e. The highest BCUT2D eigenvalue weighted by Crippen LogP contribution is 1.90. The molecule has 0 bridgehead atoms. The Bertz CT molecular complexity index is 401. The molecule has 0 amide bonds. The van der Waals surface area contributed by atoms with Gasteiger partial charge in [0, 0.05) is 78.5 Å². The molecule has 150 valence electrons. The van der Waals surface area contributed by atoms with Crippen LogP contribution in [0.3, 0.4) is 0 Å². The van der Waals surface area contributed by atoms with E-state index in [9.17, 15) is 0 Å². The molecule has 0 spiro atoms. The van der Waals surface area contributed by atoms with Gasteiger partial charge in [0.25, 0.3) is 0 Å². The van der Waals surface area contributed by atoms with Crippen LogP contribution in [-0.4, -0.2) is 113 Å². The lowest BCUT2D eigenvalue weighted by molar-refractivity contribution is 0.267. The molecule has 1 aliphatic heterocycles. The van der Waals surface area contributed by atoms with E-state index in [1.54, 1.807) is 0 Å². The lowest BCUT2D eigenvalue weighted by atomic mass is 10.4. The van der Waals surface area contributed by atoms with Crippen molar-refractivity contribution in [3.63, 3.8) is 0 Å². The van der Waals surface area contributed by atoms with Crippen molar-refractivity contribution in [1.82, 2.24) is 30.7 Å². The number of hydrogen-bond acceptors (Lipinski definition) is 9. The Kier molecular flexibility index (Phi) is 14.1. The van der Waals surface area contributed by atoms with Crippen LogP contribution >= 0.6 is 0 Å². The van der Waals surface area contributed by atoms with Crippen molar-refractivity contribution in [3.05, 3.63) is 0 Å². The predicted molar refractivity (Wildman–Crippen MR) is 105 cm³/mol. The van der Waals surface area contributed by atoms with E-state index in [1.165, 1.54) is 0 Å². The van der Waals surface area contributed by atoms with Gasteiger partial charge in [-0.3, -0.25) is 14.7 Å². The van der Waals surface area contributed by atoms with Crippen LogP contribution in [0.5, 0.6) is 0 Å². The molecule has 27 heavy (non-hydrogen) atoms. The summed E-state index contributed by atoms with van der Waals surface area (Å²) in [6.07, 6.45) is 0. The third kappa shape index (κ3) is 12.3. The normalized spacial score (nSPS) is 21.2. The van der Waals surface area contributed by atoms with Crippen LogP contribution in [0.25, 0.3) is 0 Å². The Hall–Kier alpha value is -1.77. The lowest BCUT2D eigenvalue weighted by Crippen LogP contribution is -2.43. The summed E-state index contributed by atoms with van der Waals surface area (Å²) in [5.41, 5.74) is 0. The first-order valence-corrected chi connectivity index (χ1v) is 9.70. The van der Waals surface area contributed by atoms with Crippen molar-refractivity contribution >= 4 is 0 Å². The maximum atomic E-state index is 8.99. The first-order valence-electron chi connectivity index (χ1n) is 9.70. The first kappa shape index (κ1) is 23.3. The Morgan fingerprint density at radius 3 is 0.889 bits per heavy atom. The van der Waals surface area contributed by atoms with Crippen LogP contribution in [0, 0.1) is 34.0 Å². The summed E-state index contributed by atoms with van der Waals surface area (Å²) < 4.78 is 0. The maximum Gasteiger partial charge on any atom is 0.0866 e. The Labute approximate surface area is 163 Å². The van der Waals surface area contributed by atoms with Gasteiger partial charge < -0.3 is 16.0 Å². The average Bonchev–Trinajstić information content (AvgIpc) is 2.66. The van der Waals surface area contributed by atoms with E-state index < -0.39 is 0 Å². The summed E-state index contributed by atoms with van der Waals surface area (Å²) in [4.78, 5) is 6.40. The van der Waals surface area contributed by atoms with Gasteiger partial charge in [-0.15, -0.1) is 0 Å². The van der Waals surface area contributed by atoms with Crippen LogP contribution in [0.4, 0.5) is 0 Å². The zero-order chi connectivity index (χ0) is 19.6. The van der Waals surface area contributed by atoms with Crippen molar-refractivity contribution in [2.75, 3.05) is 98.2 Å². The second-order valence-electron chi connectivity index (χ2n) is 6.55. The number of nitriles is 3. The van der Waals surface area contributed by atoms with Gasteiger partial charge in [0.2, 0.25) is 0 Å². The minimum atomic E-state index is 0.427. The molecular formula is C18H33N9. The highest BCUT2D eigenvalue weighted by atomic mass is 15.2. The largest absolute Gasteiger partial charge is 0.314 e. The number of nitrogens with one attached hydrogen (secondary N) is 3. The molecule has 1 saturated heterocycles. The molecule has 0 unspecified atom stereocenters. The van der Waals surface area contributed by atoms with Gasteiger partial charge in [-0.05, 0) is 0 Å². The van der Waals surface area contributed by atoms with Gasteiger partial charge in [0.15, 0.2) is 0 Å². The fourth-order valence-electron chi connectivity index (χ4n) is 2.91. The topological polar surface area (TPSA) is 117 Å². The van der Waals surface area contributed by atoms with Gasteiger partial charge in [0.1, 0.15) is 0 Å². The molecule has 0 atom stereocenters. The molecule has 1 fully saturated rings. The number of hydrogen-bond donors (Lipinski definition) is 3. The van der Waals surface area contributed by atoms with E-state index in [2.05, 4.69) is 48.9 Å². The van der Waals surface area contributed by atoms with E-state index in [0.29, 0.717) is 19.6 Å². The molecule has 0 aromatic rings. The molecule has 9 nitrogen and oxygen atoms in total. The minimum absolute atomic E-state index is 0.427. The SMILES string of the molecule is N#CCN1CCNCCN(CC#N)CCNCCN(CC#N)CCNCC1. The van der Waals surface area contributed by atoms with E-state index in [1.807, 2.05) is 0 Å². The van der Waals surface area contributed by atoms with Crippen LogP contribution in [0.1, 0.15) is 0 Å². The Balaban J connectivity index is 2.52. The standard InChI is InChI=1S/C18H33N9/c19-1-10-25-13-4-22-6-15-26(11-2-20)17-8-24-9-18-27(12-3-21)16-7-23-5-14-25/h22-24H,4-18H2. The quantitative estimate of drug-likeness (QED) is 0.493. The fraction of sp³-hybridized carbons (Fsp3) is 0.833. The first-order chi connectivity index (χ1) is 13.3. The van der Waals surface area contributed by atoms with Crippen molar-refractivity contribution in [3.8, 4) is 18.2 Å². The van der Waals surface area contributed by atoms with E-state index >= 15 is 0 Å². The molecule has 1 aliphatic rings. The van der Waals surface area contributed by atoms with Crippen molar-refractivity contribution in [1.29, 1.82) is 15.8 Å². The molecule has 3 N–H and O–H groups in total. The number of rotatable bonds is 3. The highest BCUT2D eigenvalue weighted by Gasteiger charge is 2.08. The van der Waals surface area contributed by atoms with E-state index in [-0.39, 0.29) is 0 Å². The zero-order valence-corrected chi connectivity index (χ0v) is 16.3. The van der Waals surface area contributed by atoms with E-state index in [0.717, 1.165) is 78.5 Å². The second kappa shape index (κ2) is 16.4. The Morgan fingerprint density at radius 2 is 0.704 bits per heavy atom. The van der Waals surface area contributed by atoms with Crippen LogP contribution in [0.2, 0.25) is 0 Å². The van der Waals surface area contributed by atoms with Crippen LogP contribution in [-0.2, 0) is 0 Å². The van der Waals surface area contributed by atoms with Crippen LogP contribution < -0.4 is 16.0 Å². The lowest BCUT2D eigenvalue weighted by Gasteiger charge is -2.24. The molecule has 0 radical (unpaired) electrons. The third-order valence-corrected chi connectivity index (χ3v) is 4.51. The summed E-state index contributed by atoms with van der Waals surface area (Å²) in [5, 5.41) is 37.2. The molecule has 1 rings (SSSR count). The highest BCUT2D eigenvalue weighted by molar-refractivity contribution is 4.80. The zero-order valence-electron chi connectivity index (χ0n) is 16.3. The molecule has 1 heterocycles. The third-order valence-electron chi connectivity index (χ3n) is 4.51. The molecular weight excluding hydrogens is 342 g/mol. The monoisotopic (exact) mass is 375 g/mol. The molecule has 0 aliphatic carbocycles. The maximum absolute atomic E-state index is 8.99. The summed E-state index contributed by atoms with van der Waals surface area (Å²) in [6.45, 7) is 11.2. The summed E-state index contributed by atoms with van der Waals surface area (Å²) >= 11 is 0. The predicted octanol–water partition coefficient (Wildman–Crippen LogP) is -1.75. The van der Waals surface area contributed by atoms with Crippen molar-refractivity contribution in [2.45, 2.75) is 0 Å². The van der Waals surface area contributed by atoms with E-state index in [4.69, 9.17) is 15.8 Å². The minimum Gasteiger partial charge on any atom is -0.314 e. The van der Waals surface area contributed by atoms with Crippen molar-refractivity contribution < 1.29 is 0 Å². The molecule has 0 saturated carbocycles. The average molecular weight is 376 g/mol. The molecule has 0 aromatic carbocycles. The Morgan fingerprint density at radius 1 is 0.481 bits per heavy atom. The van der Waals surface area contributed by atoms with Gasteiger partial charge in [-0.1, -0.05) is 0 Å². The number of nitrogens with zero attached hydrogens (tertiary/aromatic N) is 6. The van der Waals surface area contributed by atoms with Crippen molar-refractivity contribution in [2.24, 2.45) is 0 Å². The second-order valence-corrected chi connectivity index (χ2v) is 6.55. The fourth-order valence-corrected chi connectivity index (χ4v) is 2.91. The summed E-state index contributed by atoms with van der Waals surface area (Å²) in [7, 11) is 0. The van der Waals surface area contributed by atoms with Gasteiger partial charge in [0.05, 0.1) is 37.8 Å². The van der Waals surface area contributed by atoms with Gasteiger partial charge in [-0.25, -0.2) is 0 Å². The summed E-state index contributed by atoms with van der Waals surface area (Å²) in [6, 6.07) is 6.68. The molecule has 9 heteroatoms. The summed E-state index contributed by atoms with van der Waals surface area (Å²) in [5.74, 6) is 0. The van der Waals surface area contributed by atoms with Crippen LogP contribution in [0.15, 0.2) is 0 Å².